The quantitative estimate of drug-likeness (QED) is 0.412. The van der Waals surface area contributed by atoms with Crippen molar-refractivity contribution in [2.45, 2.75) is 102 Å². The molecule has 0 spiro atoms. The molecular weight excluding hydrogens is 464 g/mol. The van der Waals surface area contributed by atoms with Gasteiger partial charge in [-0.15, -0.1) is 0 Å². The highest BCUT2D eigenvalue weighted by molar-refractivity contribution is 6.84. The highest BCUT2D eigenvalue weighted by atomic mass is 28.5. The van der Waals surface area contributed by atoms with Crippen molar-refractivity contribution in [1.82, 2.24) is 9.55 Å². The van der Waals surface area contributed by atoms with Crippen LogP contribution < -0.4 is 11.2 Å². The number of nitrogens with one attached hydrogen (secondary N) is 1. The Balaban J connectivity index is 2.14. The van der Waals surface area contributed by atoms with Crippen LogP contribution in [0.5, 0.6) is 0 Å². The van der Waals surface area contributed by atoms with E-state index in [0.29, 0.717) is 0 Å². The molecule has 1 aromatic rings. The summed E-state index contributed by atoms with van der Waals surface area (Å²) in [5, 5.41) is 22.5. The lowest BCUT2D eigenvalue weighted by Gasteiger charge is -2.51. The number of H-pyrrole nitrogens is 1. The van der Waals surface area contributed by atoms with E-state index in [2.05, 4.69) is 32.7 Å². The van der Waals surface area contributed by atoms with Crippen LogP contribution in [-0.2, 0) is 17.7 Å². The first kappa shape index (κ1) is 26.5. The normalized spacial score (nSPS) is 28.8. The summed E-state index contributed by atoms with van der Waals surface area (Å²) in [6, 6.07) is 1.12. The summed E-state index contributed by atoms with van der Waals surface area (Å²) in [4.78, 5) is 26.0. The van der Waals surface area contributed by atoms with E-state index in [9.17, 15) is 19.8 Å². The Morgan fingerprint density at radius 1 is 1.00 bits per heavy atom. The third-order valence-corrected chi connectivity index (χ3v) is 17.1. The molecule has 3 rings (SSSR count). The number of hydrogen-bond donors (Lipinski definition) is 3. The smallest absolute Gasteiger partial charge is 0.335 e. The third-order valence-electron chi connectivity index (χ3n) is 6.85. The van der Waals surface area contributed by atoms with Gasteiger partial charge in [-0.3, -0.25) is 14.3 Å². The lowest BCUT2D eigenvalue weighted by molar-refractivity contribution is -0.247. The molecule has 3 N–H and O–H groups in total. The zero-order chi connectivity index (χ0) is 24.9. The van der Waals surface area contributed by atoms with Gasteiger partial charge in [-0.25, -0.2) is 4.79 Å². The van der Waals surface area contributed by atoms with Crippen LogP contribution in [0.25, 0.3) is 0 Å². The summed E-state index contributed by atoms with van der Waals surface area (Å²) in [6.45, 7) is 16.5. The molecule has 2 aliphatic heterocycles. The Bertz CT molecular complexity index is 942. The van der Waals surface area contributed by atoms with E-state index >= 15 is 0 Å². The second kappa shape index (κ2) is 9.15. The number of ether oxygens (including phenoxy) is 1. The Kier molecular flexibility index (Phi) is 7.34. The molecule has 3 atom stereocenters. The summed E-state index contributed by atoms with van der Waals surface area (Å²) in [6.07, 6.45) is -2.36. The van der Waals surface area contributed by atoms with Crippen LogP contribution in [0.15, 0.2) is 21.9 Å². The van der Waals surface area contributed by atoms with Gasteiger partial charge in [0.2, 0.25) is 5.79 Å². The molecule has 0 bridgehead atoms. The fourth-order valence-electron chi connectivity index (χ4n) is 5.05. The van der Waals surface area contributed by atoms with Gasteiger partial charge in [0.15, 0.2) is 6.23 Å². The lowest BCUT2D eigenvalue weighted by atomic mass is 10.1. The zero-order valence-corrected chi connectivity index (χ0v) is 22.7. The van der Waals surface area contributed by atoms with Crippen molar-refractivity contribution in [3.05, 3.63) is 33.1 Å². The van der Waals surface area contributed by atoms with E-state index < -0.39 is 52.6 Å². The van der Waals surface area contributed by atoms with Gasteiger partial charge < -0.3 is 27.9 Å². The van der Waals surface area contributed by atoms with Crippen molar-refractivity contribution in [2.75, 3.05) is 6.61 Å². The molecule has 3 heterocycles. The first-order valence-electron chi connectivity index (χ1n) is 11.6. The topological polar surface area (TPSA) is 132 Å². The summed E-state index contributed by atoms with van der Waals surface area (Å²) in [5.74, 6) is -2.56. The van der Waals surface area contributed by atoms with E-state index in [0.717, 1.165) is 10.6 Å². The number of rotatable bonds is 5. The predicted molar refractivity (Wildman–Crippen MR) is 126 cm³/mol. The van der Waals surface area contributed by atoms with Crippen LogP contribution in [0.1, 0.15) is 61.6 Å². The summed E-state index contributed by atoms with van der Waals surface area (Å²) < 4.78 is 27.2. The minimum absolute atomic E-state index is 0.0186. The molecule has 12 heteroatoms. The van der Waals surface area contributed by atoms with Gasteiger partial charge in [-0.2, -0.15) is 0 Å². The van der Waals surface area contributed by atoms with Gasteiger partial charge in [-0.1, -0.05) is 55.4 Å². The second-order valence-electron chi connectivity index (χ2n) is 10.3. The van der Waals surface area contributed by atoms with Crippen molar-refractivity contribution in [3.63, 3.8) is 0 Å². The standard InChI is InChI=1S/C21H38N2O8Si2/c1-12(2)32(13(3)4)28-11-16-18(30-33(31-32,14(5)6)15(7)8)21(26,27)19(29-16)23-10-9-17(24)22-20(23)25/h9-10,12-16,18-19,26-27H,11H2,1-8H3,(H,22,24,25)/t16-,18-,19-/m1/s1. The fraction of sp³-hybridized carbons (Fsp3) is 0.810. The SMILES string of the molecule is CC(C)[Si]1(C(C)C)OC[C@H]2O[C@@H](n3ccc(=O)[nH]c3=O)C(O)(O)[C@@H]2O[Si](C(C)C)(C(C)C)O1. The van der Waals surface area contributed by atoms with E-state index in [4.69, 9.17) is 17.7 Å². The van der Waals surface area contributed by atoms with Crippen LogP contribution in [-0.4, -0.2) is 61.5 Å². The molecule has 2 aliphatic rings. The molecule has 1 aromatic heterocycles. The Morgan fingerprint density at radius 3 is 2.03 bits per heavy atom. The maximum absolute atomic E-state index is 12.4. The molecule has 0 saturated carbocycles. The van der Waals surface area contributed by atoms with Gasteiger partial charge in [0.05, 0.1) is 6.61 Å². The highest BCUT2D eigenvalue weighted by Crippen LogP contribution is 2.49. The number of aromatic nitrogens is 2. The van der Waals surface area contributed by atoms with E-state index in [-0.39, 0.29) is 28.8 Å². The van der Waals surface area contributed by atoms with E-state index in [1.54, 1.807) is 0 Å². The summed E-state index contributed by atoms with van der Waals surface area (Å²) in [7, 11) is -5.95. The molecule has 2 saturated heterocycles. The molecule has 0 unspecified atom stereocenters. The van der Waals surface area contributed by atoms with Crippen molar-refractivity contribution in [2.24, 2.45) is 0 Å². The minimum atomic E-state index is -3.12. The number of fused-ring (bicyclic) bond motifs is 1. The Morgan fingerprint density at radius 2 is 1.55 bits per heavy atom. The number of aromatic amines is 1. The van der Waals surface area contributed by atoms with Crippen molar-refractivity contribution in [1.29, 1.82) is 0 Å². The molecular formula is C21H38N2O8Si2. The van der Waals surface area contributed by atoms with Crippen LogP contribution in [0, 0.1) is 0 Å². The molecule has 33 heavy (non-hydrogen) atoms. The van der Waals surface area contributed by atoms with Gasteiger partial charge in [0.25, 0.3) is 5.56 Å². The van der Waals surface area contributed by atoms with Crippen LogP contribution >= 0.6 is 0 Å². The average Bonchev–Trinajstić information content (AvgIpc) is 2.90. The number of aliphatic hydroxyl groups is 2. The maximum Gasteiger partial charge on any atom is 0.335 e. The first-order valence-corrected chi connectivity index (χ1v) is 15.6. The van der Waals surface area contributed by atoms with Crippen LogP contribution in [0.2, 0.25) is 22.2 Å². The van der Waals surface area contributed by atoms with Gasteiger partial charge in [0, 0.05) is 12.3 Å². The fourth-order valence-corrected chi connectivity index (χ4v) is 16.3. The third kappa shape index (κ3) is 4.36. The minimum Gasteiger partial charge on any atom is -0.414 e. The molecule has 0 aromatic carbocycles. The van der Waals surface area contributed by atoms with Crippen LogP contribution in [0.3, 0.4) is 0 Å². The van der Waals surface area contributed by atoms with E-state index in [1.807, 2.05) is 27.7 Å². The number of hydrogen-bond acceptors (Lipinski definition) is 8. The molecule has 188 valence electrons. The van der Waals surface area contributed by atoms with Gasteiger partial charge in [-0.05, 0) is 22.2 Å². The predicted octanol–water partition coefficient (Wildman–Crippen LogP) is 2.07. The maximum atomic E-state index is 12.4. The van der Waals surface area contributed by atoms with E-state index in [1.165, 1.54) is 6.20 Å². The molecule has 0 amide bonds. The average molecular weight is 503 g/mol. The van der Waals surface area contributed by atoms with Crippen molar-refractivity contribution in [3.8, 4) is 0 Å². The van der Waals surface area contributed by atoms with Gasteiger partial charge >= 0.3 is 22.8 Å². The summed E-state index contributed by atoms with van der Waals surface area (Å²) in [5.41, 5.74) is -1.20. The number of nitrogens with zero attached hydrogens (tertiary/aromatic N) is 1. The van der Waals surface area contributed by atoms with Gasteiger partial charge in [0.1, 0.15) is 12.2 Å². The largest absolute Gasteiger partial charge is 0.414 e. The Hall–Kier alpha value is -1.13. The van der Waals surface area contributed by atoms with Crippen LogP contribution in [0.4, 0.5) is 0 Å². The zero-order valence-electron chi connectivity index (χ0n) is 20.7. The molecule has 10 nitrogen and oxygen atoms in total. The monoisotopic (exact) mass is 502 g/mol. The summed E-state index contributed by atoms with van der Waals surface area (Å²) >= 11 is 0. The molecule has 2 fully saturated rings. The highest BCUT2D eigenvalue weighted by Gasteiger charge is 2.65. The Labute approximate surface area is 196 Å². The molecule has 0 aliphatic carbocycles. The van der Waals surface area contributed by atoms with Crippen molar-refractivity contribution >= 4 is 17.1 Å². The lowest BCUT2D eigenvalue weighted by Crippen LogP contribution is -2.67. The second-order valence-corrected chi connectivity index (χ2v) is 19.2. The molecule has 0 radical (unpaired) electrons. The van der Waals surface area contributed by atoms with Crippen molar-refractivity contribution < 1.29 is 27.9 Å². The first-order chi connectivity index (χ1) is 15.2.